The van der Waals surface area contributed by atoms with Gasteiger partial charge in [0.25, 0.3) is 0 Å². The Morgan fingerprint density at radius 2 is 1.90 bits per heavy atom. The Bertz CT molecular complexity index is 1290. The quantitative estimate of drug-likeness (QED) is 0.118. The molecule has 4 rings (SSSR count). The third-order valence-electron chi connectivity index (χ3n) is 7.30. The number of rotatable bonds is 8. The van der Waals surface area contributed by atoms with Crippen LogP contribution in [0.2, 0.25) is 0 Å². The zero-order valence-electron chi connectivity index (χ0n) is 24.2. The molecule has 1 aromatic heterocycles. The van der Waals surface area contributed by atoms with E-state index >= 15 is 0 Å². The normalized spacial score (nSPS) is 14.6. The predicted molar refractivity (Wildman–Crippen MR) is 165 cm³/mol. The zero-order valence-corrected chi connectivity index (χ0v) is 25.9. The van der Waals surface area contributed by atoms with Crippen molar-refractivity contribution >= 4 is 40.6 Å². The van der Waals surface area contributed by atoms with Crippen LogP contribution in [0.1, 0.15) is 79.2 Å². The number of nitrogens with zero attached hydrogens (tertiary/aromatic N) is 3. The lowest BCUT2D eigenvalue weighted by Crippen LogP contribution is -2.33. The van der Waals surface area contributed by atoms with Crippen molar-refractivity contribution in [2.75, 3.05) is 23.8 Å². The van der Waals surface area contributed by atoms with Gasteiger partial charge in [-0.25, -0.2) is 15.1 Å². The number of hydrogen-bond donors (Lipinski definition) is 3. The third kappa shape index (κ3) is 6.60. The van der Waals surface area contributed by atoms with E-state index in [1.807, 2.05) is 39.8 Å². The summed E-state index contributed by atoms with van der Waals surface area (Å²) in [6.07, 6.45) is 2.17. The third-order valence-corrected chi connectivity index (χ3v) is 9.55. The molecule has 1 aliphatic heterocycles. The minimum Gasteiger partial charge on any atom is -0.481 e. The predicted octanol–water partition coefficient (Wildman–Crippen LogP) is 6.77. The molecule has 3 aromatic rings. The van der Waals surface area contributed by atoms with Crippen LogP contribution in [0.3, 0.4) is 0 Å². The van der Waals surface area contributed by atoms with Gasteiger partial charge < -0.3 is 15.8 Å². The lowest BCUT2D eigenvalue weighted by Gasteiger charge is -2.32. The second kappa shape index (κ2) is 13.2. The molecular formula is C30H43N5O2S2. The standard InChI is InChI=1S/C28H37N5O2S2.C2H6/c1-6-33(30)22-14-13-20(17(2)25(22)29)24(28(4,5)27(34)35)26-31-21(18(3)36-26)16-32-15-9-11-19-10-7-8-12-23(19)37-32;1-2/h7-8,10,12-14,24H,6,9,11,15-16,29-30H2,1-5H3,(H,34,35);1-2H3. The molecule has 0 spiro atoms. The summed E-state index contributed by atoms with van der Waals surface area (Å²) in [4.78, 5) is 20.0. The molecule has 0 aliphatic carbocycles. The van der Waals surface area contributed by atoms with Crippen molar-refractivity contribution in [3.63, 3.8) is 0 Å². The van der Waals surface area contributed by atoms with Crippen LogP contribution in [-0.4, -0.2) is 33.5 Å². The SMILES string of the molecule is CC.CCN(N)c1ccc(C(c2nc(CN3CCCc4ccccc4S3)c(C)s2)C(C)(C)C(=O)O)c(C)c1N. The Morgan fingerprint density at radius 1 is 1.21 bits per heavy atom. The minimum absolute atomic E-state index is 0.454. The van der Waals surface area contributed by atoms with Crippen molar-refractivity contribution in [3.8, 4) is 0 Å². The van der Waals surface area contributed by atoms with Gasteiger partial charge in [-0.15, -0.1) is 11.3 Å². The maximum Gasteiger partial charge on any atom is 0.310 e. The molecule has 212 valence electrons. The van der Waals surface area contributed by atoms with E-state index in [2.05, 4.69) is 35.5 Å². The summed E-state index contributed by atoms with van der Waals surface area (Å²) in [5.41, 5.74) is 10.8. The van der Waals surface area contributed by atoms with E-state index in [1.54, 1.807) is 42.1 Å². The van der Waals surface area contributed by atoms with E-state index in [4.69, 9.17) is 16.6 Å². The number of carbonyl (C=O) groups is 1. The number of benzene rings is 2. The Labute approximate surface area is 241 Å². The molecule has 0 radical (unpaired) electrons. The Morgan fingerprint density at radius 3 is 2.56 bits per heavy atom. The van der Waals surface area contributed by atoms with Crippen LogP contribution in [0.4, 0.5) is 11.4 Å². The molecular weight excluding hydrogens is 526 g/mol. The van der Waals surface area contributed by atoms with Crippen LogP contribution in [-0.2, 0) is 17.8 Å². The van der Waals surface area contributed by atoms with Gasteiger partial charge in [-0.1, -0.05) is 38.1 Å². The lowest BCUT2D eigenvalue weighted by atomic mass is 9.73. The summed E-state index contributed by atoms with van der Waals surface area (Å²) in [6.45, 7) is 15.8. The first-order valence-corrected chi connectivity index (χ1v) is 15.2. The summed E-state index contributed by atoms with van der Waals surface area (Å²) in [5.74, 6) is 4.80. The van der Waals surface area contributed by atoms with Gasteiger partial charge in [0.1, 0.15) is 5.01 Å². The molecule has 0 bridgehead atoms. The van der Waals surface area contributed by atoms with Gasteiger partial charge in [-0.05, 0) is 88.2 Å². The molecule has 0 amide bonds. The maximum atomic E-state index is 12.5. The Balaban J connectivity index is 0.00000205. The molecule has 9 heteroatoms. The highest BCUT2D eigenvalue weighted by molar-refractivity contribution is 7.97. The van der Waals surface area contributed by atoms with Crippen molar-refractivity contribution < 1.29 is 9.90 Å². The average molecular weight is 570 g/mol. The van der Waals surface area contributed by atoms with Gasteiger partial charge in [0, 0.05) is 22.9 Å². The molecule has 1 unspecified atom stereocenters. The summed E-state index contributed by atoms with van der Waals surface area (Å²) in [6, 6.07) is 12.4. The summed E-state index contributed by atoms with van der Waals surface area (Å²) < 4.78 is 2.37. The van der Waals surface area contributed by atoms with Gasteiger partial charge in [0.2, 0.25) is 0 Å². The van der Waals surface area contributed by atoms with E-state index in [-0.39, 0.29) is 0 Å². The Kier molecular flexibility index (Phi) is 10.5. The molecule has 39 heavy (non-hydrogen) atoms. The highest BCUT2D eigenvalue weighted by Crippen LogP contribution is 2.46. The highest BCUT2D eigenvalue weighted by atomic mass is 32.2. The van der Waals surface area contributed by atoms with Crippen molar-refractivity contribution in [1.29, 1.82) is 0 Å². The number of aryl methyl sites for hydroxylation is 2. The number of hydrogen-bond acceptors (Lipinski definition) is 8. The van der Waals surface area contributed by atoms with Crippen LogP contribution in [0, 0.1) is 19.3 Å². The van der Waals surface area contributed by atoms with Crippen molar-refractivity contribution in [3.05, 3.63) is 68.7 Å². The maximum absolute atomic E-state index is 12.5. The number of aliphatic carboxylic acids is 1. The number of carboxylic acid groups (broad SMARTS) is 1. The van der Waals surface area contributed by atoms with Crippen LogP contribution < -0.4 is 16.6 Å². The lowest BCUT2D eigenvalue weighted by molar-refractivity contribution is -0.147. The van der Waals surface area contributed by atoms with E-state index in [1.165, 1.54) is 10.5 Å². The molecule has 5 N–H and O–H groups in total. The topological polar surface area (TPSA) is 109 Å². The number of nitrogens with two attached hydrogens (primary N) is 2. The van der Waals surface area contributed by atoms with Crippen LogP contribution in [0.5, 0.6) is 0 Å². The second-order valence-electron chi connectivity index (χ2n) is 10.2. The van der Waals surface area contributed by atoms with Gasteiger partial charge in [-0.2, -0.15) is 0 Å². The second-order valence-corrected chi connectivity index (χ2v) is 12.6. The van der Waals surface area contributed by atoms with Gasteiger partial charge >= 0.3 is 5.97 Å². The fraction of sp³-hybridized carbons (Fsp3) is 0.467. The first kappa shape index (κ1) is 30.9. The molecule has 0 saturated heterocycles. The van der Waals surface area contributed by atoms with E-state index in [0.717, 1.165) is 51.8 Å². The van der Waals surface area contributed by atoms with E-state index in [9.17, 15) is 9.90 Å². The molecule has 1 aliphatic rings. The number of hydrazine groups is 1. The minimum atomic E-state index is -1.09. The number of fused-ring (bicyclic) bond motifs is 1. The van der Waals surface area contributed by atoms with Crippen LogP contribution in [0.25, 0.3) is 0 Å². The monoisotopic (exact) mass is 569 g/mol. The molecule has 2 heterocycles. The largest absolute Gasteiger partial charge is 0.481 e. The highest BCUT2D eigenvalue weighted by Gasteiger charge is 2.42. The number of carboxylic acids is 1. The van der Waals surface area contributed by atoms with Gasteiger partial charge in [0.05, 0.1) is 34.9 Å². The van der Waals surface area contributed by atoms with Crippen LogP contribution >= 0.6 is 23.3 Å². The Hall–Kier alpha value is -2.59. The van der Waals surface area contributed by atoms with Gasteiger partial charge in [-0.3, -0.25) is 4.79 Å². The molecule has 7 nitrogen and oxygen atoms in total. The fourth-order valence-corrected chi connectivity index (χ4v) is 7.20. The molecule has 0 fully saturated rings. The van der Waals surface area contributed by atoms with Crippen molar-refractivity contribution in [1.82, 2.24) is 9.29 Å². The van der Waals surface area contributed by atoms with Gasteiger partial charge in [0.15, 0.2) is 0 Å². The average Bonchev–Trinajstić information content (AvgIpc) is 3.13. The van der Waals surface area contributed by atoms with Crippen molar-refractivity contribution in [2.45, 2.75) is 78.7 Å². The van der Waals surface area contributed by atoms with Crippen molar-refractivity contribution in [2.24, 2.45) is 11.3 Å². The number of nitrogen functional groups attached to an aromatic ring is 1. The first-order chi connectivity index (χ1) is 18.5. The molecule has 0 saturated carbocycles. The molecule has 1 atom stereocenters. The summed E-state index contributed by atoms with van der Waals surface area (Å²) >= 11 is 3.37. The van der Waals surface area contributed by atoms with E-state index in [0.29, 0.717) is 18.8 Å². The first-order valence-electron chi connectivity index (χ1n) is 13.7. The molecule has 2 aromatic carbocycles. The number of thiazole rings is 1. The number of aromatic nitrogens is 1. The zero-order chi connectivity index (χ0) is 28.9. The summed E-state index contributed by atoms with van der Waals surface area (Å²) in [7, 11) is 0. The smallest absolute Gasteiger partial charge is 0.310 e. The van der Waals surface area contributed by atoms with E-state index < -0.39 is 17.3 Å². The fourth-order valence-electron chi connectivity index (χ4n) is 4.85. The number of anilines is 2. The van der Waals surface area contributed by atoms with Crippen LogP contribution in [0.15, 0.2) is 41.3 Å². The summed E-state index contributed by atoms with van der Waals surface area (Å²) in [5, 5.41) is 12.6.